The fourth-order valence-electron chi connectivity index (χ4n) is 2.35. The molecule has 16 heavy (non-hydrogen) atoms. The molecule has 2 rings (SSSR count). The highest BCUT2D eigenvalue weighted by atomic mass is 16.3. The molecule has 0 amide bonds. The lowest BCUT2D eigenvalue weighted by Crippen LogP contribution is -2.22. The van der Waals surface area contributed by atoms with Gasteiger partial charge in [0.15, 0.2) is 0 Å². The third-order valence-corrected chi connectivity index (χ3v) is 3.10. The van der Waals surface area contributed by atoms with E-state index >= 15 is 0 Å². The minimum Gasteiger partial charge on any atom is -0.390 e. The number of aliphatic hydroxyl groups is 1. The Morgan fingerprint density at radius 3 is 3.12 bits per heavy atom. The zero-order valence-electron chi connectivity index (χ0n) is 9.84. The van der Waals surface area contributed by atoms with Crippen LogP contribution in [0.5, 0.6) is 0 Å². The fraction of sp³-hybridized carbons (Fsp3) is 0.818. The van der Waals surface area contributed by atoms with Crippen molar-refractivity contribution >= 4 is 0 Å². The molecule has 1 atom stereocenters. The number of aliphatic hydroxyl groups excluding tert-OH is 1. The van der Waals surface area contributed by atoms with Crippen LogP contribution < -0.4 is 0 Å². The lowest BCUT2D eigenvalue weighted by Gasteiger charge is -2.14. The Bertz CT molecular complexity index is 326. The molecule has 5 nitrogen and oxygen atoms in total. The number of rotatable bonds is 5. The highest BCUT2D eigenvalue weighted by molar-refractivity contribution is 4.89. The topological polar surface area (TPSA) is 54.2 Å². The number of aromatic nitrogens is 3. The van der Waals surface area contributed by atoms with Crippen LogP contribution >= 0.6 is 0 Å². The van der Waals surface area contributed by atoms with E-state index in [0.717, 1.165) is 6.54 Å². The zero-order chi connectivity index (χ0) is 11.4. The van der Waals surface area contributed by atoms with Gasteiger partial charge >= 0.3 is 0 Å². The summed E-state index contributed by atoms with van der Waals surface area (Å²) >= 11 is 0. The third-order valence-electron chi connectivity index (χ3n) is 3.10. The van der Waals surface area contributed by atoms with Crippen LogP contribution in [0.15, 0.2) is 6.20 Å². The largest absolute Gasteiger partial charge is 0.390 e. The minimum absolute atomic E-state index is 0.0212. The molecule has 1 aromatic rings. The Labute approximate surface area is 96.1 Å². The van der Waals surface area contributed by atoms with Crippen molar-refractivity contribution in [2.75, 3.05) is 19.6 Å². The molecule has 1 fully saturated rings. The average Bonchev–Trinajstić information content (AvgIpc) is 2.89. The van der Waals surface area contributed by atoms with Gasteiger partial charge in [0.25, 0.3) is 0 Å². The van der Waals surface area contributed by atoms with Crippen molar-refractivity contribution in [1.29, 1.82) is 0 Å². The molecule has 0 bridgehead atoms. The smallest absolute Gasteiger partial charge is 0.108 e. The van der Waals surface area contributed by atoms with Crippen LogP contribution in [-0.4, -0.2) is 44.6 Å². The standard InChI is InChI=1S/C11H20N4O/c1-2-4-14-5-3-10(6-14)7-15-8-11(9-16)12-13-15/h8,10,16H,2-7,9H2,1H3/t10-/m1/s1. The van der Waals surface area contributed by atoms with Crippen molar-refractivity contribution in [2.24, 2.45) is 5.92 Å². The maximum Gasteiger partial charge on any atom is 0.108 e. The Morgan fingerprint density at radius 2 is 2.44 bits per heavy atom. The highest BCUT2D eigenvalue weighted by Gasteiger charge is 2.22. The van der Waals surface area contributed by atoms with Crippen molar-refractivity contribution in [3.8, 4) is 0 Å². The first-order valence-corrected chi connectivity index (χ1v) is 6.04. The van der Waals surface area contributed by atoms with Gasteiger partial charge in [-0.25, -0.2) is 0 Å². The van der Waals surface area contributed by atoms with Gasteiger partial charge < -0.3 is 10.0 Å². The summed E-state index contributed by atoms with van der Waals surface area (Å²) in [4.78, 5) is 2.51. The summed E-state index contributed by atoms with van der Waals surface area (Å²) in [5.74, 6) is 0.680. The zero-order valence-corrected chi connectivity index (χ0v) is 9.84. The van der Waals surface area contributed by atoms with Gasteiger partial charge in [-0.15, -0.1) is 5.10 Å². The first-order chi connectivity index (χ1) is 7.81. The average molecular weight is 224 g/mol. The molecule has 0 radical (unpaired) electrons. The Balaban J connectivity index is 1.82. The summed E-state index contributed by atoms with van der Waals surface area (Å²) in [5, 5.41) is 16.8. The summed E-state index contributed by atoms with van der Waals surface area (Å²) < 4.78 is 1.85. The molecule has 90 valence electrons. The van der Waals surface area contributed by atoms with E-state index in [1.54, 1.807) is 0 Å². The second-order valence-corrected chi connectivity index (χ2v) is 4.55. The van der Waals surface area contributed by atoms with E-state index in [9.17, 15) is 0 Å². The van der Waals surface area contributed by atoms with Gasteiger partial charge in [0.2, 0.25) is 0 Å². The number of hydrogen-bond acceptors (Lipinski definition) is 4. The maximum atomic E-state index is 8.90. The fourth-order valence-corrected chi connectivity index (χ4v) is 2.35. The Hall–Kier alpha value is -0.940. The summed E-state index contributed by atoms with van der Waals surface area (Å²) in [5.41, 5.74) is 0.656. The molecule has 0 aliphatic carbocycles. The lowest BCUT2D eigenvalue weighted by molar-refractivity contribution is 0.276. The monoisotopic (exact) mass is 224 g/mol. The van der Waals surface area contributed by atoms with Crippen molar-refractivity contribution in [3.05, 3.63) is 11.9 Å². The molecular formula is C11H20N4O. The maximum absolute atomic E-state index is 8.90. The van der Waals surface area contributed by atoms with E-state index in [1.165, 1.54) is 32.5 Å². The molecule has 2 heterocycles. The predicted octanol–water partition coefficient (Wildman–Crippen LogP) is 0.502. The molecular weight excluding hydrogens is 204 g/mol. The molecule has 0 aromatic carbocycles. The summed E-state index contributed by atoms with van der Waals surface area (Å²) in [6.45, 7) is 6.70. The second kappa shape index (κ2) is 5.41. The molecule has 1 aliphatic heterocycles. The highest BCUT2D eigenvalue weighted by Crippen LogP contribution is 2.17. The summed E-state index contributed by atoms with van der Waals surface area (Å²) in [6, 6.07) is 0. The molecule has 1 saturated heterocycles. The lowest BCUT2D eigenvalue weighted by atomic mass is 10.1. The van der Waals surface area contributed by atoms with Crippen LogP contribution in [0.3, 0.4) is 0 Å². The Kier molecular flexibility index (Phi) is 3.90. The molecule has 1 aliphatic rings. The van der Waals surface area contributed by atoms with E-state index in [0.29, 0.717) is 11.6 Å². The second-order valence-electron chi connectivity index (χ2n) is 4.55. The van der Waals surface area contributed by atoms with Crippen LogP contribution in [0.2, 0.25) is 0 Å². The predicted molar refractivity (Wildman–Crippen MR) is 60.8 cm³/mol. The summed E-state index contributed by atoms with van der Waals surface area (Å²) in [6.07, 6.45) is 4.31. The van der Waals surface area contributed by atoms with Gasteiger partial charge in [-0.3, -0.25) is 4.68 Å². The van der Waals surface area contributed by atoms with E-state index < -0.39 is 0 Å². The van der Waals surface area contributed by atoms with Crippen molar-refractivity contribution in [3.63, 3.8) is 0 Å². The van der Waals surface area contributed by atoms with Crippen LogP contribution in [0.4, 0.5) is 0 Å². The molecule has 0 spiro atoms. The van der Waals surface area contributed by atoms with Gasteiger partial charge in [0.1, 0.15) is 5.69 Å². The van der Waals surface area contributed by atoms with E-state index in [4.69, 9.17) is 5.11 Å². The number of hydrogen-bond donors (Lipinski definition) is 1. The van der Waals surface area contributed by atoms with E-state index in [1.807, 2.05) is 10.9 Å². The van der Waals surface area contributed by atoms with Gasteiger partial charge in [-0.05, 0) is 31.8 Å². The van der Waals surface area contributed by atoms with Gasteiger partial charge in [0, 0.05) is 13.1 Å². The number of likely N-dealkylation sites (tertiary alicyclic amines) is 1. The van der Waals surface area contributed by atoms with Crippen molar-refractivity contribution < 1.29 is 5.11 Å². The minimum atomic E-state index is -0.0212. The Morgan fingerprint density at radius 1 is 1.56 bits per heavy atom. The van der Waals surface area contributed by atoms with Gasteiger partial charge in [-0.1, -0.05) is 12.1 Å². The third kappa shape index (κ3) is 2.80. The van der Waals surface area contributed by atoms with Crippen LogP contribution in [0.1, 0.15) is 25.5 Å². The molecule has 1 N–H and O–H groups in total. The molecule has 1 aromatic heterocycles. The van der Waals surface area contributed by atoms with Crippen LogP contribution in [-0.2, 0) is 13.2 Å². The first kappa shape index (κ1) is 11.5. The van der Waals surface area contributed by atoms with E-state index in [2.05, 4.69) is 22.1 Å². The summed E-state index contributed by atoms with van der Waals surface area (Å²) in [7, 11) is 0. The number of nitrogens with zero attached hydrogens (tertiary/aromatic N) is 4. The van der Waals surface area contributed by atoms with Crippen molar-refractivity contribution in [2.45, 2.75) is 32.9 Å². The van der Waals surface area contributed by atoms with Crippen LogP contribution in [0.25, 0.3) is 0 Å². The van der Waals surface area contributed by atoms with E-state index in [-0.39, 0.29) is 6.61 Å². The molecule has 5 heteroatoms. The quantitative estimate of drug-likeness (QED) is 0.791. The van der Waals surface area contributed by atoms with Crippen molar-refractivity contribution in [1.82, 2.24) is 19.9 Å². The first-order valence-electron chi connectivity index (χ1n) is 6.04. The molecule has 0 saturated carbocycles. The van der Waals surface area contributed by atoms with Gasteiger partial charge in [-0.2, -0.15) is 0 Å². The molecule has 0 unspecified atom stereocenters. The van der Waals surface area contributed by atoms with Crippen LogP contribution in [0, 0.1) is 5.92 Å². The van der Waals surface area contributed by atoms with Gasteiger partial charge in [0.05, 0.1) is 12.8 Å². The SMILES string of the molecule is CCCN1CC[C@@H](Cn2cc(CO)nn2)C1. The normalized spacial score (nSPS) is 21.8.